The molecule has 112 valence electrons. The molecule has 0 atom stereocenters. The van der Waals surface area contributed by atoms with Crippen LogP contribution in [0.1, 0.15) is 19.4 Å². The lowest BCUT2D eigenvalue weighted by Gasteiger charge is -2.12. The number of rotatable bonds is 7. The van der Waals surface area contributed by atoms with E-state index >= 15 is 0 Å². The van der Waals surface area contributed by atoms with Crippen molar-refractivity contribution < 1.29 is 19.0 Å². The van der Waals surface area contributed by atoms with Crippen LogP contribution in [0.2, 0.25) is 0 Å². The van der Waals surface area contributed by atoms with Crippen LogP contribution in [-0.4, -0.2) is 32.4 Å². The monoisotopic (exact) mass is 289 g/mol. The Morgan fingerprint density at radius 2 is 2.05 bits per heavy atom. The third kappa shape index (κ3) is 5.67. The summed E-state index contributed by atoms with van der Waals surface area (Å²) in [5, 5.41) is 9.10. The van der Waals surface area contributed by atoms with E-state index in [0.29, 0.717) is 11.3 Å². The largest absolute Gasteiger partial charge is 0.490 e. The minimum absolute atomic E-state index is 0.00117. The molecule has 1 aromatic rings. The molecular formula is C16H19NO4. The number of carbonyl (C=O) groups is 1. The number of hydrogen-bond donors (Lipinski definition) is 0. The van der Waals surface area contributed by atoms with Crippen molar-refractivity contribution in [3.05, 3.63) is 35.4 Å². The van der Waals surface area contributed by atoms with E-state index in [9.17, 15) is 4.79 Å². The van der Waals surface area contributed by atoms with Gasteiger partial charge in [0.25, 0.3) is 0 Å². The van der Waals surface area contributed by atoms with Crippen LogP contribution >= 0.6 is 0 Å². The Morgan fingerprint density at radius 1 is 1.33 bits per heavy atom. The number of hydrogen-bond acceptors (Lipinski definition) is 5. The SMILES string of the molecule is COCCOC(=O)/C(C#N)=C/c1ccccc1OC(C)C. The van der Waals surface area contributed by atoms with E-state index in [4.69, 9.17) is 19.5 Å². The molecule has 0 aliphatic heterocycles. The van der Waals surface area contributed by atoms with Crippen molar-refractivity contribution >= 4 is 12.0 Å². The molecule has 5 heteroatoms. The maximum Gasteiger partial charge on any atom is 0.348 e. The molecule has 0 radical (unpaired) electrons. The smallest absolute Gasteiger partial charge is 0.348 e. The van der Waals surface area contributed by atoms with Crippen molar-refractivity contribution in [2.75, 3.05) is 20.3 Å². The summed E-state index contributed by atoms with van der Waals surface area (Å²) in [5.74, 6) is -0.0566. The van der Waals surface area contributed by atoms with Crippen LogP contribution in [0.15, 0.2) is 29.8 Å². The summed E-state index contributed by atoms with van der Waals surface area (Å²) in [6.45, 7) is 4.21. The van der Waals surface area contributed by atoms with Gasteiger partial charge in [0.05, 0.1) is 12.7 Å². The Hall–Kier alpha value is -2.32. The maximum atomic E-state index is 11.8. The Bertz CT molecular complexity index is 543. The van der Waals surface area contributed by atoms with Gasteiger partial charge in [-0.25, -0.2) is 4.79 Å². The quantitative estimate of drug-likeness (QED) is 0.334. The van der Waals surface area contributed by atoms with Crippen LogP contribution in [-0.2, 0) is 14.3 Å². The summed E-state index contributed by atoms with van der Waals surface area (Å²) in [7, 11) is 1.51. The Labute approximate surface area is 124 Å². The van der Waals surface area contributed by atoms with Crippen LogP contribution in [0.5, 0.6) is 5.75 Å². The van der Waals surface area contributed by atoms with Gasteiger partial charge in [0.15, 0.2) is 0 Å². The highest BCUT2D eigenvalue weighted by Gasteiger charge is 2.12. The molecule has 0 spiro atoms. The van der Waals surface area contributed by atoms with E-state index in [-0.39, 0.29) is 24.9 Å². The van der Waals surface area contributed by atoms with Crippen LogP contribution in [0.3, 0.4) is 0 Å². The zero-order chi connectivity index (χ0) is 15.7. The summed E-state index contributed by atoms with van der Waals surface area (Å²) in [6.07, 6.45) is 1.46. The van der Waals surface area contributed by atoms with E-state index < -0.39 is 5.97 Å². The van der Waals surface area contributed by atoms with Gasteiger partial charge in [-0.2, -0.15) is 5.26 Å². The van der Waals surface area contributed by atoms with Gasteiger partial charge < -0.3 is 14.2 Å². The number of esters is 1. The van der Waals surface area contributed by atoms with Crippen LogP contribution in [0, 0.1) is 11.3 Å². The third-order valence-electron chi connectivity index (χ3n) is 2.44. The fourth-order valence-corrected chi connectivity index (χ4v) is 1.55. The second-order valence-corrected chi connectivity index (χ2v) is 4.50. The molecule has 0 N–H and O–H groups in total. The summed E-state index contributed by atoms with van der Waals surface area (Å²) in [6, 6.07) is 9.05. The van der Waals surface area contributed by atoms with Crippen molar-refractivity contribution in [2.24, 2.45) is 0 Å². The third-order valence-corrected chi connectivity index (χ3v) is 2.44. The average Bonchev–Trinajstić information content (AvgIpc) is 2.45. The average molecular weight is 289 g/mol. The first-order valence-corrected chi connectivity index (χ1v) is 6.62. The minimum atomic E-state index is -0.672. The lowest BCUT2D eigenvalue weighted by molar-refractivity contribution is -0.139. The molecular weight excluding hydrogens is 270 g/mol. The van der Waals surface area contributed by atoms with E-state index in [1.54, 1.807) is 12.1 Å². The Kier molecular flexibility index (Phi) is 6.99. The molecule has 0 saturated carbocycles. The Balaban J connectivity index is 2.93. The second kappa shape index (κ2) is 8.77. The molecule has 21 heavy (non-hydrogen) atoms. The van der Waals surface area contributed by atoms with Gasteiger partial charge in [0, 0.05) is 12.7 Å². The van der Waals surface area contributed by atoms with E-state index in [1.807, 2.05) is 32.0 Å². The lowest BCUT2D eigenvalue weighted by Crippen LogP contribution is -2.11. The molecule has 0 fully saturated rings. The van der Waals surface area contributed by atoms with Gasteiger partial charge in [0.2, 0.25) is 0 Å². The van der Waals surface area contributed by atoms with Crippen molar-refractivity contribution in [3.63, 3.8) is 0 Å². The molecule has 0 unspecified atom stereocenters. The van der Waals surface area contributed by atoms with Crippen LogP contribution in [0.25, 0.3) is 6.08 Å². The summed E-state index contributed by atoms with van der Waals surface area (Å²) in [4.78, 5) is 11.8. The lowest BCUT2D eigenvalue weighted by atomic mass is 10.1. The van der Waals surface area contributed by atoms with Crippen LogP contribution < -0.4 is 4.74 Å². The Morgan fingerprint density at radius 3 is 2.67 bits per heavy atom. The molecule has 0 amide bonds. The van der Waals surface area contributed by atoms with E-state index in [2.05, 4.69) is 0 Å². The van der Waals surface area contributed by atoms with Gasteiger partial charge in [-0.3, -0.25) is 0 Å². The molecule has 0 aliphatic rings. The second-order valence-electron chi connectivity index (χ2n) is 4.50. The molecule has 0 heterocycles. The number of benzene rings is 1. The molecule has 1 aromatic carbocycles. The fraction of sp³-hybridized carbons (Fsp3) is 0.375. The van der Waals surface area contributed by atoms with Gasteiger partial charge in [-0.1, -0.05) is 18.2 Å². The molecule has 0 saturated heterocycles. The van der Waals surface area contributed by atoms with Crippen molar-refractivity contribution in [2.45, 2.75) is 20.0 Å². The van der Waals surface area contributed by atoms with Crippen molar-refractivity contribution in [1.82, 2.24) is 0 Å². The number of nitrogens with zero attached hydrogens (tertiary/aromatic N) is 1. The number of methoxy groups -OCH3 is 1. The molecule has 0 aromatic heterocycles. The highest BCUT2D eigenvalue weighted by Crippen LogP contribution is 2.22. The number of nitriles is 1. The summed E-state index contributed by atoms with van der Waals surface area (Å²) >= 11 is 0. The van der Waals surface area contributed by atoms with Gasteiger partial charge in [-0.15, -0.1) is 0 Å². The zero-order valence-electron chi connectivity index (χ0n) is 12.5. The van der Waals surface area contributed by atoms with Gasteiger partial charge >= 0.3 is 5.97 Å². The summed E-state index contributed by atoms with van der Waals surface area (Å²) < 4.78 is 15.4. The molecule has 5 nitrogen and oxygen atoms in total. The zero-order valence-corrected chi connectivity index (χ0v) is 12.5. The van der Waals surface area contributed by atoms with Crippen molar-refractivity contribution in [3.8, 4) is 11.8 Å². The first-order valence-electron chi connectivity index (χ1n) is 6.62. The van der Waals surface area contributed by atoms with Gasteiger partial charge in [-0.05, 0) is 26.0 Å². The number of ether oxygens (including phenoxy) is 3. The van der Waals surface area contributed by atoms with Gasteiger partial charge in [0.1, 0.15) is 24.0 Å². The minimum Gasteiger partial charge on any atom is -0.490 e. The normalized spacial score (nSPS) is 11.1. The predicted molar refractivity (Wildman–Crippen MR) is 78.6 cm³/mol. The maximum absolute atomic E-state index is 11.8. The number of para-hydroxylation sites is 1. The molecule has 0 bridgehead atoms. The fourth-order valence-electron chi connectivity index (χ4n) is 1.55. The van der Waals surface area contributed by atoms with E-state index in [1.165, 1.54) is 13.2 Å². The van der Waals surface area contributed by atoms with Crippen molar-refractivity contribution in [1.29, 1.82) is 5.26 Å². The first-order chi connectivity index (χ1) is 10.1. The predicted octanol–water partition coefficient (Wildman–Crippen LogP) is 2.57. The standard InChI is InChI=1S/C16H19NO4/c1-12(2)21-15-7-5-4-6-13(15)10-14(11-17)16(18)20-9-8-19-3/h4-7,10,12H,8-9H2,1-3H3/b14-10+. The first kappa shape index (κ1) is 16.7. The van der Waals surface area contributed by atoms with E-state index in [0.717, 1.165) is 0 Å². The molecule has 1 rings (SSSR count). The van der Waals surface area contributed by atoms with Crippen LogP contribution in [0.4, 0.5) is 0 Å². The highest BCUT2D eigenvalue weighted by molar-refractivity contribution is 5.98. The number of carbonyl (C=O) groups excluding carboxylic acids is 1. The highest BCUT2D eigenvalue weighted by atomic mass is 16.6. The molecule has 0 aliphatic carbocycles. The summed E-state index contributed by atoms with van der Waals surface area (Å²) in [5.41, 5.74) is 0.581. The topological polar surface area (TPSA) is 68.5 Å².